The average Bonchev–Trinajstić information content (AvgIpc) is 2.24. The van der Waals surface area contributed by atoms with Gasteiger partial charge in [0.05, 0.1) is 12.3 Å². The summed E-state index contributed by atoms with van der Waals surface area (Å²) in [7, 11) is -1.77. The van der Waals surface area contributed by atoms with Crippen LogP contribution >= 0.6 is 22.7 Å². The lowest BCUT2D eigenvalue weighted by Crippen LogP contribution is -2.43. The first-order valence-corrected chi connectivity index (χ1v) is 9.55. The van der Waals surface area contributed by atoms with Crippen LogP contribution < -0.4 is 0 Å². The Hall–Kier alpha value is 0.717. The Morgan fingerprint density at radius 3 is 2.13 bits per heavy atom. The van der Waals surface area contributed by atoms with E-state index in [4.69, 9.17) is 32.2 Å². The molecule has 2 unspecified atom stereocenters. The summed E-state index contributed by atoms with van der Waals surface area (Å²) in [5.41, 5.74) is 0.111. The fourth-order valence-electron chi connectivity index (χ4n) is 1.48. The summed E-state index contributed by atoms with van der Waals surface area (Å²) < 4.78 is 11.1. The first-order valence-electron chi connectivity index (χ1n) is 5.52. The first-order chi connectivity index (χ1) is 7.00. The van der Waals surface area contributed by atoms with E-state index in [2.05, 4.69) is 13.8 Å². The molecule has 0 aromatic heterocycles. The second-order valence-corrected chi connectivity index (χ2v) is 10.6. The Bertz CT molecular complexity index is 166. The van der Waals surface area contributed by atoms with Crippen molar-refractivity contribution in [3.63, 3.8) is 0 Å². The molecular formula is C10H22Cl2O2Si. The van der Waals surface area contributed by atoms with E-state index in [-0.39, 0.29) is 12.0 Å². The molecule has 0 rings (SSSR count). The minimum atomic E-state index is -1.77. The monoisotopic (exact) mass is 272 g/mol. The van der Waals surface area contributed by atoms with Crippen LogP contribution in [0.15, 0.2) is 0 Å². The predicted octanol–water partition coefficient (Wildman–Crippen LogP) is 3.76. The van der Waals surface area contributed by atoms with Crippen LogP contribution in [0, 0.1) is 0 Å². The second kappa shape index (κ2) is 7.90. The third kappa shape index (κ3) is 5.55. The van der Waals surface area contributed by atoms with E-state index >= 15 is 0 Å². The van der Waals surface area contributed by atoms with E-state index in [1.165, 1.54) is 0 Å². The fourth-order valence-corrected chi connectivity index (χ4v) is 3.81. The highest BCUT2D eigenvalue weighted by atomic mass is 35.6. The summed E-state index contributed by atoms with van der Waals surface area (Å²) >= 11 is 12.1. The van der Waals surface area contributed by atoms with Gasteiger partial charge in [-0.3, -0.25) is 0 Å². The van der Waals surface area contributed by atoms with Crippen molar-refractivity contribution in [1.82, 2.24) is 0 Å². The average molecular weight is 273 g/mol. The molecule has 0 aromatic rings. The smallest absolute Gasteiger partial charge is 0.185 e. The molecule has 0 heterocycles. The summed E-state index contributed by atoms with van der Waals surface area (Å²) in [6, 6.07) is 2.04. The Kier molecular flexibility index (Phi) is 8.28. The van der Waals surface area contributed by atoms with Crippen LogP contribution in [0.2, 0.25) is 12.1 Å². The number of hydrogen-bond acceptors (Lipinski definition) is 2. The minimum absolute atomic E-state index is 0.111. The highest BCUT2D eigenvalue weighted by Crippen LogP contribution is 2.26. The van der Waals surface area contributed by atoms with Gasteiger partial charge in [-0.05, 0) is 25.9 Å². The summed E-state index contributed by atoms with van der Waals surface area (Å²) in [6.07, 6.45) is -0.220. The lowest BCUT2D eigenvalue weighted by molar-refractivity contribution is -0.135. The van der Waals surface area contributed by atoms with Gasteiger partial charge in [0.25, 0.3) is 0 Å². The molecule has 0 aromatic carbocycles. The van der Waals surface area contributed by atoms with E-state index < -0.39 is 7.38 Å². The summed E-state index contributed by atoms with van der Waals surface area (Å²) in [5, 5.41) is 0. The van der Waals surface area contributed by atoms with Crippen LogP contribution in [0.1, 0.15) is 27.7 Å². The van der Waals surface area contributed by atoms with Crippen LogP contribution in [-0.4, -0.2) is 31.9 Å². The van der Waals surface area contributed by atoms with Crippen molar-refractivity contribution in [3.8, 4) is 0 Å². The van der Waals surface area contributed by atoms with Crippen LogP contribution in [0.5, 0.6) is 0 Å². The molecule has 0 amide bonds. The van der Waals surface area contributed by atoms with Crippen molar-refractivity contribution >= 4 is 30.1 Å². The molecule has 5 heteroatoms. The SMILES string of the molecule is CC[Si](Cl)(CC)C(C)OC(C)OCCCl. The third-order valence-corrected chi connectivity index (χ3v) is 9.35. The molecule has 0 saturated carbocycles. The Morgan fingerprint density at radius 1 is 1.20 bits per heavy atom. The van der Waals surface area contributed by atoms with E-state index in [9.17, 15) is 0 Å². The fraction of sp³-hybridized carbons (Fsp3) is 1.00. The van der Waals surface area contributed by atoms with Crippen molar-refractivity contribution in [3.05, 3.63) is 0 Å². The molecule has 0 aliphatic rings. The zero-order chi connectivity index (χ0) is 11.9. The summed E-state index contributed by atoms with van der Waals surface area (Å²) in [6.45, 7) is 8.72. The molecular weight excluding hydrogens is 251 g/mol. The number of ether oxygens (including phenoxy) is 2. The maximum Gasteiger partial charge on any atom is 0.185 e. The molecule has 15 heavy (non-hydrogen) atoms. The number of halogens is 2. The van der Waals surface area contributed by atoms with Gasteiger partial charge in [-0.15, -0.1) is 11.6 Å². The third-order valence-electron chi connectivity index (χ3n) is 2.73. The quantitative estimate of drug-likeness (QED) is 0.290. The lowest BCUT2D eigenvalue weighted by atomic mass is 10.7. The van der Waals surface area contributed by atoms with Gasteiger partial charge in [-0.1, -0.05) is 13.8 Å². The van der Waals surface area contributed by atoms with Gasteiger partial charge >= 0.3 is 0 Å². The zero-order valence-corrected chi connectivity index (χ0v) is 12.6. The summed E-state index contributed by atoms with van der Waals surface area (Å²) in [5.74, 6) is 0.493. The topological polar surface area (TPSA) is 18.5 Å². The van der Waals surface area contributed by atoms with E-state index in [1.54, 1.807) is 0 Å². The second-order valence-electron chi connectivity index (χ2n) is 3.65. The van der Waals surface area contributed by atoms with Crippen LogP contribution in [0.3, 0.4) is 0 Å². The van der Waals surface area contributed by atoms with Gasteiger partial charge in [-0.2, -0.15) is 11.1 Å². The largest absolute Gasteiger partial charge is 0.352 e. The van der Waals surface area contributed by atoms with Gasteiger partial charge in [0, 0.05) is 5.88 Å². The molecule has 0 radical (unpaired) electrons. The Balaban J connectivity index is 4.04. The normalized spacial score (nSPS) is 16.4. The highest BCUT2D eigenvalue weighted by molar-refractivity contribution is 7.21. The van der Waals surface area contributed by atoms with Crippen molar-refractivity contribution in [2.75, 3.05) is 12.5 Å². The standard InChI is InChI=1S/C10H22Cl2O2Si/c1-5-15(12,6-2)10(4)14-9(3)13-8-7-11/h9-10H,5-8H2,1-4H3. The van der Waals surface area contributed by atoms with E-state index in [0.29, 0.717) is 12.5 Å². The summed E-state index contributed by atoms with van der Waals surface area (Å²) in [4.78, 5) is 0. The van der Waals surface area contributed by atoms with E-state index in [0.717, 1.165) is 12.1 Å². The number of hydrogen-bond donors (Lipinski definition) is 0. The van der Waals surface area contributed by atoms with Gasteiger partial charge in [0.15, 0.2) is 13.7 Å². The Labute approximate surface area is 104 Å². The molecule has 0 N–H and O–H groups in total. The number of rotatable bonds is 8. The molecule has 2 nitrogen and oxygen atoms in total. The number of alkyl halides is 1. The molecule has 0 aliphatic heterocycles. The Morgan fingerprint density at radius 2 is 1.73 bits per heavy atom. The van der Waals surface area contributed by atoms with Crippen LogP contribution in [-0.2, 0) is 9.47 Å². The van der Waals surface area contributed by atoms with E-state index in [1.807, 2.05) is 13.8 Å². The van der Waals surface area contributed by atoms with Gasteiger partial charge < -0.3 is 9.47 Å². The maximum atomic E-state index is 6.57. The lowest BCUT2D eigenvalue weighted by Gasteiger charge is -2.30. The molecule has 2 atom stereocenters. The van der Waals surface area contributed by atoms with Gasteiger partial charge in [0.1, 0.15) is 0 Å². The molecule has 0 spiro atoms. The van der Waals surface area contributed by atoms with Crippen molar-refractivity contribution in [2.45, 2.75) is 51.8 Å². The predicted molar refractivity (Wildman–Crippen MR) is 69.3 cm³/mol. The molecule has 0 saturated heterocycles. The molecule has 0 fully saturated rings. The maximum absolute atomic E-state index is 6.57. The van der Waals surface area contributed by atoms with Crippen molar-refractivity contribution < 1.29 is 9.47 Å². The van der Waals surface area contributed by atoms with Gasteiger partial charge in [-0.25, -0.2) is 0 Å². The van der Waals surface area contributed by atoms with Crippen molar-refractivity contribution in [2.24, 2.45) is 0 Å². The molecule has 0 aliphatic carbocycles. The van der Waals surface area contributed by atoms with Crippen LogP contribution in [0.25, 0.3) is 0 Å². The zero-order valence-electron chi connectivity index (χ0n) is 10.1. The van der Waals surface area contributed by atoms with Crippen molar-refractivity contribution in [1.29, 1.82) is 0 Å². The molecule has 92 valence electrons. The first kappa shape index (κ1) is 15.7. The van der Waals surface area contributed by atoms with Crippen LogP contribution in [0.4, 0.5) is 0 Å². The minimum Gasteiger partial charge on any atom is -0.352 e. The highest BCUT2D eigenvalue weighted by Gasteiger charge is 2.35. The molecule has 0 bridgehead atoms. The van der Waals surface area contributed by atoms with Gasteiger partial charge in [0.2, 0.25) is 0 Å².